The highest BCUT2D eigenvalue weighted by molar-refractivity contribution is 5.90. The molecule has 1 saturated heterocycles. The van der Waals surface area contributed by atoms with Gasteiger partial charge in [-0.05, 0) is 37.3 Å². The van der Waals surface area contributed by atoms with Gasteiger partial charge >= 0.3 is 6.03 Å². The molecule has 0 saturated carbocycles. The molecule has 0 spiro atoms. The molecule has 0 aliphatic carbocycles. The van der Waals surface area contributed by atoms with Crippen LogP contribution in [-0.4, -0.2) is 57.1 Å². The molecule has 1 fully saturated rings. The van der Waals surface area contributed by atoms with Gasteiger partial charge in [-0.15, -0.1) is 10.2 Å². The van der Waals surface area contributed by atoms with Crippen molar-refractivity contribution in [2.75, 3.05) is 36.4 Å². The summed E-state index contributed by atoms with van der Waals surface area (Å²) in [6.07, 6.45) is 3.49. The Morgan fingerprint density at radius 3 is 2.46 bits per heavy atom. The molecule has 3 aromatic rings. The quantitative estimate of drug-likeness (QED) is 0.754. The van der Waals surface area contributed by atoms with E-state index >= 15 is 0 Å². The van der Waals surface area contributed by atoms with E-state index in [1.807, 2.05) is 18.2 Å². The average Bonchev–Trinajstić information content (AvgIpc) is 3.26. The number of carbonyl (C=O) groups excluding carboxylic acids is 1. The Hall–Kier alpha value is -3.49. The van der Waals surface area contributed by atoms with E-state index in [-0.39, 0.29) is 11.8 Å². The van der Waals surface area contributed by atoms with E-state index in [1.165, 1.54) is 6.07 Å². The fourth-order valence-electron chi connectivity index (χ4n) is 3.09. The van der Waals surface area contributed by atoms with Crippen molar-refractivity contribution in [3.05, 3.63) is 60.2 Å². The lowest BCUT2D eigenvalue weighted by Crippen LogP contribution is -2.50. The second kappa shape index (κ2) is 7.63. The summed E-state index contributed by atoms with van der Waals surface area (Å²) in [6, 6.07) is 10.0. The van der Waals surface area contributed by atoms with Crippen LogP contribution in [-0.2, 0) is 0 Å². The summed E-state index contributed by atoms with van der Waals surface area (Å²) >= 11 is 0. The molecule has 3 heterocycles. The predicted molar refractivity (Wildman–Crippen MR) is 103 cm³/mol. The SMILES string of the molecule is Cc1c(F)cccc1NC(=O)N1CCN(c2ccc(-n3cccn3)nn2)CC1. The van der Waals surface area contributed by atoms with Gasteiger partial charge in [-0.1, -0.05) is 6.07 Å². The monoisotopic (exact) mass is 381 g/mol. The van der Waals surface area contributed by atoms with Crippen molar-refractivity contribution < 1.29 is 9.18 Å². The van der Waals surface area contributed by atoms with E-state index in [2.05, 4.69) is 25.5 Å². The van der Waals surface area contributed by atoms with Gasteiger partial charge in [0.15, 0.2) is 11.6 Å². The van der Waals surface area contributed by atoms with E-state index in [1.54, 1.807) is 41.0 Å². The van der Waals surface area contributed by atoms with Gasteiger partial charge in [0, 0.05) is 49.8 Å². The molecule has 8 nitrogen and oxygen atoms in total. The maximum Gasteiger partial charge on any atom is 0.321 e. The Labute approximate surface area is 161 Å². The molecule has 28 heavy (non-hydrogen) atoms. The molecule has 1 N–H and O–H groups in total. The molecular weight excluding hydrogens is 361 g/mol. The van der Waals surface area contributed by atoms with E-state index in [0.717, 1.165) is 5.82 Å². The summed E-state index contributed by atoms with van der Waals surface area (Å²) in [5.74, 6) is 1.08. The standard InChI is InChI=1S/C19H20FN7O/c1-14-15(20)4-2-5-16(14)22-19(28)26-12-10-25(11-13-26)17-6-7-18(24-23-17)27-9-3-8-21-27/h2-9H,10-13H2,1H3,(H,22,28). The van der Waals surface area contributed by atoms with Gasteiger partial charge in [-0.25, -0.2) is 13.9 Å². The third kappa shape index (κ3) is 3.64. The minimum absolute atomic E-state index is 0.228. The van der Waals surface area contributed by atoms with Crippen LogP contribution in [0.2, 0.25) is 0 Å². The Balaban J connectivity index is 1.35. The molecule has 1 aromatic carbocycles. The van der Waals surface area contributed by atoms with Crippen molar-refractivity contribution in [1.82, 2.24) is 24.9 Å². The fourth-order valence-corrected chi connectivity index (χ4v) is 3.09. The van der Waals surface area contributed by atoms with Crippen molar-refractivity contribution in [2.24, 2.45) is 0 Å². The highest BCUT2D eigenvalue weighted by atomic mass is 19.1. The van der Waals surface area contributed by atoms with Crippen molar-refractivity contribution in [2.45, 2.75) is 6.92 Å². The Bertz CT molecular complexity index is 951. The number of aromatic nitrogens is 4. The zero-order valence-electron chi connectivity index (χ0n) is 15.4. The highest BCUT2D eigenvalue weighted by Gasteiger charge is 2.22. The minimum Gasteiger partial charge on any atom is -0.352 e. The van der Waals surface area contributed by atoms with E-state index < -0.39 is 0 Å². The maximum atomic E-state index is 13.6. The molecule has 0 atom stereocenters. The second-order valence-electron chi connectivity index (χ2n) is 6.52. The van der Waals surface area contributed by atoms with Crippen molar-refractivity contribution in [1.29, 1.82) is 0 Å². The zero-order chi connectivity index (χ0) is 19.5. The van der Waals surface area contributed by atoms with Crippen LogP contribution in [0.3, 0.4) is 0 Å². The molecule has 0 bridgehead atoms. The summed E-state index contributed by atoms with van der Waals surface area (Å²) in [4.78, 5) is 16.3. The van der Waals surface area contributed by atoms with Gasteiger partial charge in [0.05, 0.1) is 0 Å². The van der Waals surface area contributed by atoms with Gasteiger partial charge in [-0.3, -0.25) is 0 Å². The number of nitrogens with one attached hydrogen (secondary N) is 1. The molecule has 1 aliphatic rings. The minimum atomic E-state index is -0.334. The van der Waals surface area contributed by atoms with Crippen LogP contribution >= 0.6 is 0 Å². The van der Waals surface area contributed by atoms with E-state index in [4.69, 9.17) is 0 Å². The van der Waals surface area contributed by atoms with Crippen LogP contribution < -0.4 is 10.2 Å². The summed E-state index contributed by atoms with van der Waals surface area (Å²) in [5.41, 5.74) is 0.925. The molecule has 0 unspecified atom stereocenters. The predicted octanol–water partition coefficient (Wildman–Crippen LogP) is 2.46. The summed E-state index contributed by atoms with van der Waals surface area (Å²) in [7, 11) is 0. The van der Waals surface area contributed by atoms with Crippen LogP contribution in [0.1, 0.15) is 5.56 Å². The molecule has 2 amide bonds. The number of nitrogens with zero attached hydrogens (tertiary/aromatic N) is 6. The molecule has 9 heteroatoms. The molecule has 0 radical (unpaired) electrons. The number of carbonyl (C=O) groups is 1. The number of anilines is 2. The molecule has 4 rings (SSSR count). The number of rotatable bonds is 3. The largest absolute Gasteiger partial charge is 0.352 e. The van der Waals surface area contributed by atoms with Crippen LogP contribution in [0.5, 0.6) is 0 Å². The maximum absolute atomic E-state index is 13.6. The summed E-state index contributed by atoms with van der Waals surface area (Å²) < 4.78 is 15.3. The number of amides is 2. The van der Waals surface area contributed by atoms with Gasteiger partial charge < -0.3 is 15.1 Å². The lowest BCUT2D eigenvalue weighted by Gasteiger charge is -2.35. The van der Waals surface area contributed by atoms with Crippen molar-refractivity contribution >= 4 is 17.5 Å². The number of urea groups is 1. The van der Waals surface area contributed by atoms with Crippen LogP contribution in [0, 0.1) is 12.7 Å². The lowest BCUT2D eigenvalue weighted by molar-refractivity contribution is 0.208. The number of piperazine rings is 1. The molecule has 144 valence electrons. The van der Waals surface area contributed by atoms with Crippen molar-refractivity contribution in [3.8, 4) is 5.82 Å². The highest BCUT2D eigenvalue weighted by Crippen LogP contribution is 2.19. The summed E-state index contributed by atoms with van der Waals surface area (Å²) in [5, 5.41) is 15.4. The fraction of sp³-hybridized carbons (Fsp3) is 0.263. The third-order valence-electron chi connectivity index (χ3n) is 4.78. The topological polar surface area (TPSA) is 79.2 Å². The van der Waals surface area contributed by atoms with Crippen LogP contribution in [0.15, 0.2) is 48.8 Å². The van der Waals surface area contributed by atoms with E-state index in [0.29, 0.717) is 43.2 Å². The van der Waals surface area contributed by atoms with E-state index in [9.17, 15) is 9.18 Å². The smallest absolute Gasteiger partial charge is 0.321 e. The first-order valence-corrected chi connectivity index (χ1v) is 9.01. The molecular formula is C19H20FN7O. The number of hydrogen-bond donors (Lipinski definition) is 1. The van der Waals surface area contributed by atoms with Gasteiger partial charge in [0.25, 0.3) is 0 Å². The number of benzene rings is 1. The second-order valence-corrected chi connectivity index (χ2v) is 6.52. The van der Waals surface area contributed by atoms with Gasteiger partial charge in [-0.2, -0.15) is 5.10 Å². The van der Waals surface area contributed by atoms with Crippen molar-refractivity contribution in [3.63, 3.8) is 0 Å². The Kier molecular flexibility index (Phi) is 4.88. The number of halogens is 1. The average molecular weight is 381 g/mol. The number of hydrogen-bond acceptors (Lipinski definition) is 5. The normalized spacial score (nSPS) is 14.2. The van der Waals surface area contributed by atoms with Gasteiger partial charge in [0.1, 0.15) is 5.82 Å². The Morgan fingerprint density at radius 1 is 1.04 bits per heavy atom. The molecule has 2 aromatic heterocycles. The third-order valence-corrected chi connectivity index (χ3v) is 4.78. The van der Waals surface area contributed by atoms with Crippen LogP contribution in [0.25, 0.3) is 5.82 Å². The first-order valence-electron chi connectivity index (χ1n) is 9.01. The summed E-state index contributed by atoms with van der Waals surface area (Å²) in [6.45, 7) is 4.02. The van der Waals surface area contributed by atoms with Gasteiger partial charge in [0.2, 0.25) is 0 Å². The zero-order valence-corrected chi connectivity index (χ0v) is 15.4. The lowest BCUT2D eigenvalue weighted by atomic mass is 10.2. The van der Waals surface area contributed by atoms with Crippen LogP contribution in [0.4, 0.5) is 20.7 Å². The first-order chi connectivity index (χ1) is 13.6. The molecule has 1 aliphatic heterocycles. The first kappa shape index (κ1) is 17.9. The Morgan fingerprint density at radius 2 is 1.79 bits per heavy atom.